The molecule has 0 aliphatic carbocycles. The highest BCUT2D eigenvalue weighted by atomic mass is 35.5. The normalized spacial score (nSPS) is 14.0. The van der Waals surface area contributed by atoms with Gasteiger partial charge in [-0.1, -0.05) is 29.8 Å². The van der Waals surface area contributed by atoms with Gasteiger partial charge in [0.1, 0.15) is 11.4 Å². The van der Waals surface area contributed by atoms with Crippen molar-refractivity contribution in [1.82, 2.24) is 4.98 Å². The minimum Gasteiger partial charge on any atom is -0.495 e. The summed E-state index contributed by atoms with van der Waals surface area (Å²) in [5.41, 5.74) is 0.0662. The third-order valence-electron chi connectivity index (χ3n) is 2.91. The molecular formula is C14H14ClNO2. The first kappa shape index (κ1) is 12.9. The minimum atomic E-state index is -1.21. The van der Waals surface area contributed by atoms with Gasteiger partial charge in [0.15, 0.2) is 0 Å². The summed E-state index contributed by atoms with van der Waals surface area (Å²) < 4.78 is 5.11. The van der Waals surface area contributed by atoms with Gasteiger partial charge in [0, 0.05) is 22.3 Å². The van der Waals surface area contributed by atoms with Crippen LogP contribution in [0.3, 0.4) is 0 Å². The molecule has 0 aliphatic heterocycles. The Labute approximate surface area is 111 Å². The first-order chi connectivity index (χ1) is 8.55. The molecule has 1 N–H and O–H groups in total. The maximum absolute atomic E-state index is 10.7. The summed E-state index contributed by atoms with van der Waals surface area (Å²) in [6, 6.07) is 8.95. The van der Waals surface area contributed by atoms with Crippen molar-refractivity contribution in [3.63, 3.8) is 0 Å². The zero-order valence-electron chi connectivity index (χ0n) is 10.2. The molecule has 0 amide bonds. The quantitative estimate of drug-likeness (QED) is 0.926. The van der Waals surface area contributed by atoms with Crippen molar-refractivity contribution in [3.8, 4) is 5.75 Å². The summed E-state index contributed by atoms with van der Waals surface area (Å²) in [5.74, 6) is 0.597. The van der Waals surface area contributed by atoms with Crippen molar-refractivity contribution < 1.29 is 9.84 Å². The van der Waals surface area contributed by atoms with Crippen molar-refractivity contribution in [1.29, 1.82) is 0 Å². The van der Waals surface area contributed by atoms with E-state index in [0.717, 1.165) is 0 Å². The van der Waals surface area contributed by atoms with E-state index in [2.05, 4.69) is 4.98 Å². The highest BCUT2D eigenvalue weighted by Crippen LogP contribution is 2.34. The number of benzene rings is 1. The Bertz CT molecular complexity index is 555. The first-order valence-electron chi connectivity index (χ1n) is 5.52. The van der Waals surface area contributed by atoms with E-state index in [9.17, 15) is 5.11 Å². The Morgan fingerprint density at radius 2 is 2.00 bits per heavy atom. The van der Waals surface area contributed by atoms with Crippen LogP contribution in [0, 0.1) is 0 Å². The molecule has 1 heterocycles. The molecule has 4 heteroatoms. The van der Waals surface area contributed by atoms with E-state index in [1.165, 1.54) is 0 Å². The van der Waals surface area contributed by atoms with Crippen LogP contribution in [0.5, 0.6) is 5.75 Å². The number of halogens is 1. The van der Waals surface area contributed by atoms with Crippen molar-refractivity contribution in [2.75, 3.05) is 7.11 Å². The van der Waals surface area contributed by atoms with Crippen molar-refractivity contribution in [2.24, 2.45) is 0 Å². The fraction of sp³-hybridized carbons (Fsp3) is 0.214. The molecule has 1 aromatic heterocycles. The number of hydrogen-bond donors (Lipinski definition) is 1. The van der Waals surface area contributed by atoms with Gasteiger partial charge in [-0.2, -0.15) is 0 Å². The number of aliphatic hydroxyl groups is 1. The van der Waals surface area contributed by atoms with Crippen LogP contribution in [-0.2, 0) is 5.60 Å². The topological polar surface area (TPSA) is 42.4 Å². The van der Waals surface area contributed by atoms with E-state index >= 15 is 0 Å². The Hall–Kier alpha value is -1.58. The SMILES string of the molecule is COc1cncc(C(C)(O)c2ccccc2Cl)c1. The molecule has 94 valence electrons. The molecule has 3 nitrogen and oxygen atoms in total. The van der Waals surface area contributed by atoms with Crippen molar-refractivity contribution >= 4 is 11.6 Å². The summed E-state index contributed by atoms with van der Waals surface area (Å²) in [6.45, 7) is 1.69. The predicted molar refractivity (Wildman–Crippen MR) is 70.9 cm³/mol. The van der Waals surface area contributed by atoms with Gasteiger partial charge >= 0.3 is 0 Å². The molecule has 0 radical (unpaired) electrons. The zero-order chi connectivity index (χ0) is 13.2. The van der Waals surface area contributed by atoms with Gasteiger partial charge in [-0.3, -0.25) is 4.98 Å². The first-order valence-corrected chi connectivity index (χ1v) is 5.90. The van der Waals surface area contributed by atoms with Crippen LogP contribution in [0.4, 0.5) is 0 Å². The maximum atomic E-state index is 10.7. The second kappa shape index (κ2) is 4.96. The Balaban J connectivity index is 2.50. The second-order valence-electron chi connectivity index (χ2n) is 4.17. The van der Waals surface area contributed by atoms with E-state index in [-0.39, 0.29) is 0 Å². The number of rotatable bonds is 3. The van der Waals surface area contributed by atoms with E-state index in [1.807, 2.05) is 12.1 Å². The third-order valence-corrected chi connectivity index (χ3v) is 3.24. The van der Waals surface area contributed by atoms with Crippen molar-refractivity contribution in [3.05, 3.63) is 58.9 Å². The number of ether oxygens (including phenoxy) is 1. The summed E-state index contributed by atoms with van der Waals surface area (Å²) in [7, 11) is 1.56. The summed E-state index contributed by atoms with van der Waals surface area (Å²) in [6.07, 6.45) is 3.19. The van der Waals surface area contributed by atoms with Crippen LogP contribution in [0.1, 0.15) is 18.1 Å². The molecule has 0 fully saturated rings. The molecule has 0 saturated heterocycles. The monoisotopic (exact) mass is 263 g/mol. The lowest BCUT2D eigenvalue weighted by molar-refractivity contribution is 0.102. The van der Waals surface area contributed by atoms with Crippen LogP contribution in [0.25, 0.3) is 0 Å². The van der Waals surface area contributed by atoms with Crippen molar-refractivity contribution in [2.45, 2.75) is 12.5 Å². The van der Waals surface area contributed by atoms with Gasteiger partial charge in [0.25, 0.3) is 0 Å². The number of methoxy groups -OCH3 is 1. The van der Waals surface area contributed by atoms with E-state index in [1.54, 1.807) is 44.6 Å². The van der Waals surface area contributed by atoms with Gasteiger partial charge in [-0.15, -0.1) is 0 Å². The molecule has 0 aliphatic rings. The molecule has 1 unspecified atom stereocenters. The smallest absolute Gasteiger partial charge is 0.137 e. The average Bonchev–Trinajstić information content (AvgIpc) is 2.39. The van der Waals surface area contributed by atoms with E-state index in [4.69, 9.17) is 16.3 Å². The van der Waals surface area contributed by atoms with Gasteiger partial charge in [0.05, 0.1) is 13.3 Å². The second-order valence-corrected chi connectivity index (χ2v) is 4.57. The zero-order valence-corrected chi connectivity index (χ0v) is 11.0. The molecule has 0 bridgehead atoms. The Morgan fingerprint density at radius 3 is 2.67 bits per heavy atom. The average molecular weight is 264 g/mol. The molecule has 2 aromatic rings. The van der Waals surface area contributed by atoms with Gasteiger partial charge < -0.3 is 9.84 Å². The number of pyridine rings is 1. The van der Waals surface area contributed by atoms with Gasteiger partial charge in [-0.25, -0.2) is 0 Å². The maximum Gasteiger partial charge on any atom is 0.137 e. The molecule has 18 heavy (non-hydrogen) atoms. The highest BCUT2D eigenvalue weighted by Gasteiger charge is 2.28. The predicted octanol–water partition coefficient (Wildman–Crippen LogP) is 3.00. The van der Waals surface area contributed by atoms with E-state index < -0.39 is 5.60 Å². The van der Waals surface area contributed by atoms with Crippen LogP contribution >= 0.6 is 11.6 Å². The lowest BCUT2D eigenvalue weighted by Gasteiger charge is -2.25. The van der Waals surface area contributed by atoms with Gasteiger partial charge in [-0.05, 0) is 19.1 Å². The summed E-state index contributed by atoms with van der Waals surface area (Å²) >= 11 is 6.12. The molecule has 0 saturated carbocycles. The largest absolute Gasteiger partial charge is 0.495 e. The highest BCUT2D eigenvalue weighted by molar-refractivity contribution is 6.31. The molecule has 1 atom stereocenters. The Kier molecular flexibility index (Phi) is 3.55. The molecular weight excluding hydrogens is 250 g/mol. The van der Waals surface area contributed by atoms with Gasteiger partial charge in [0.2, 0.25) is 0 Å². The minimum absolute atomic E-state index is 0.519. The molecule has 0 spiro atoms. The number of hydrogen-bond acceptors (Lipinski definition) is 3. The molecule has 2 rings (SSSR count). The van der Waals surface area contributed by atoms with Crippen LogP contribution in [0.2, 0.25) is 5.02 Å². The van der Waals surface area contributed by atoms with E-state index in [0.29, 0.717) is 21.9 Å². The lowest BCUT2D eigenvalue weighted by atomic mass is 9.89. The molecule has 1 aromatic carbocycles. The van der Waals surface area contributed by atoms with Crippen LogP contribution < -0.4 is 4.74 Å². The third kappa shape index (κ3) is 2.33. The van der Waals surface area contributed by atoms with Crippen LogP contribution in [0.15, 0.2) is 42.7 Å². The number of nitrogens with zero attached hydrogens (tertiary/aromatic N) is 1. The summed E-state index contributed by atoms with van der Waals surface area (Å²) in [5, 5.41) is 11.2. The standard InChI is InChI=1S/C14H14ClNO2/c1-14(17,12-5-3-4-6-13(12)15)10-7-11(18-2)9-16-8-10/h3-9,17H,1-2H3. The summed E-state index contributed by atoms with van der Waals surface area (Å²) in [4.78, 5) is 4.05. The number of aromatic nitrogens is 1. The van der Waals surface area contributed by atoms with Crippen LogP contribution in [-0.4, -0.2) is 17.2 Å². The fourth-order valence-electron chi connectivity index (χ4n) is 1.81. The lowest BCUT2D eigenvalue weighted by Crippen LogP contribution is -2.23. The Morgan fingerprint density at radius 1 is 1.28 bits per heavy atom. The fourth-order valence-corrected chi connectivity index (χ4v) is 2.13.